The fraction of sp³-hybridized carbons (Fsp3) is 0.143. The summed E-state index contributed by atoms with van der Waals surface area (Å²) < 4.78 is 1.67. The Morgan fingerprint density at radius 2 is 2.42 bits per heavy atom. The molecule has 0 radical (unpaired) electrons. The second-order valence-electron chi connectivity index (χ2n) is 2.46. The monoisotopic (exact) mass is 182 g/mol. The van der Waals surface area contributed by atoms with Crippen LogP contribution in [0.5, 0.6) is 0 Å². The number of nitrogen functional groups attached to an aromatic ring is 1. The summed E-state index contributed by atoms with van der Waals surface area (Å²) in [5.74, 6) is 0.935. The highest BCUT2D eigenvalue weighted by Gasteiger charge is 2.02. The lowest BCUT2D eigenvalue weighted by Crippen LogP contribution is -1.96. The summed E-state index contributed by atoms with van der Waals surface area (Å²) in [6, 6.07) is 1.88. The van der Waals surface area contributed by atoms with Gasteiger partial charge in [0, 0.05) is 12.1 Å². The summed E-state index contributed by atoms with van der Waals surface area (Å²) in [5.41, 5.74) is 7.40. The molecule has 5 heteroatoms. The molecule has 0 bridgehead atoms. The molecule has 4 nitrogen and oxygen atoms in total. The maximum Gasteiger partial charge on any atom is 0.151 e. The first-order chi connectivity index (χ1) is 5.81. The summed E-state index contributed by atoms with van der Waals surface area (Å²) >= 11 is 5.65. The standard InChI is InChI=1S/C7H7ClN4/c8-2-5-1-6-7(9)10-4-11-12(6)3-5/h1,3-4H,2H2,(H2,9,10,11). The highest BCUT2D eigenvalue weighted by molar-refractivity contribution is 6.17. The Hall–Kier alpha value is -1.29. The summed E-state index contributed by atoms with van der Waals surface area (Å²) in [7, 11) is 0. The third kappa shape index (κ3) is 1.00. The fourth-order valence-corrected chi connectivity index (χ4v) is 1.22. The first-order valence-electron chi connectivity index (χ1n) is 3.45. The molecular formula is C7H7ClN4. The SMILES string of the molecule is Nc1ncnn2cc(CCl)cc12. The van der Waals surface area contributed by atoms with Gasteiger partial charge >= 0.3 is 0 Å². The van der Waals surface area contributed by atoms with Crippen LogP contribution < -0.4 is 5.73 Å². The molecular weight excluding hydrogens is 176 g/mol. The van der Waals surface area contributed by atoms with Gasteiger partial charge in [-0.2, -0.15) is 5.10 Å². The molecule has 2 N–H and O–H groups in total. The Morgan fingerprint density at radius 1 is 1.58 bits per heavy atom. The largest absolute Gasteiger partial charge is 0.382 e. The zero-order valence-corrected chi connectivity index (χ0v) is 6.99. The Morgan fingerprint density at radius 3 is 3.08 bits per heavy atom. The number of fused-ring (bicyclic) bond motifs is 1. The van der Waals surface area contributed by atoms with Crippen molar-refractivity contribution < 1.29 is 0 Å². The van der Waals surface area contributed by atoms with E-state index in [9.17, 15) is 0 Å². The van der Waals surface area contributed by atoms with E-state index in [4.69, 9.17) is 17.3 Å². The summed E-state index contributed by atoms with van der Waals surface area (Å²) in [6.45, 7) is 0. The predicted molar refractivity (Wildman–Crippen MR) is 47.0 cm³/mol. The van der Waals surface area contributed by atoms with Crippen LogP contribution in [0.3, 0.4) is 0 Å². The molecule has 2 aromatic heterocycles. The lowest BCUT2D eigenvalue weighted by atomic mass is 10.4. The number of aromatic nitrogens is 3. The predicted octanol–water partition coefficient (Wildman–Crippen LogP) is 1.05. The van der Waals surface area contributed by atoms with Crippen molar-refractivity contribution in [3.63, 3.8) is 0 Å². The molecule has 0 aromatic carbocycles. The van der Waals surface area contributed by atoms with Crippen LogP contribution in [0, 0.1) is 0 Å². The highest BCUT2D eigenvalue weighted by atomic mass is 35.5. The van der Waals surface area contributed by atoms with Crippen LogP contribution in [-0.4, -0.2) is 14.6 Å². The number of rotatable bonds is 1. The van der Waals surface area contributed by atoms with Crippen LogP contribution in [0.25, 0.3) is 5.52 Å². The molecule has 62 valence electrons. The minimum absolute atomic E-state index is 0.461. The van der Waals surface area contributed by atoms with Gasteiger partial charge in [-0.05, 0) is 11.6 Å². The normalized spacial score (nSPS) is 10.8. The van der Waals surface area contributed by atoms with Crippen LogP contribution in [0.4, 0.5) is 5.82 Å². The average molecular weight is 183 g/mol. The number of anilines is 1. The van der Waals surface area contributed by atoms with Gasteiger partial charge in [0.05, 0.1) is 0 Å². The zero-order chi connectivity index (χ0) is 8.55. The highest BCUT2D eigenvalue weighted by Crippen LogP contribution is 2.14. The molecule has 0 aliphatic carbocycles. The maximum atomic E-state index is 5.65. The van der Waals surface area contributed by atoms with Gasteiger partial charge in [-0.15, -0.1) is 11.6 Å². The van der Waals surface area contributed by atoms with Crippen molar-refractivity contribution in [2.45, 2.75) is 5.88 Å². The van der Waals surface area contributed by atoms with Crippen molar-refractivity contribution in [3.8, 4) is 0 Å². The van der Waals surface area contributed by atoms with Gasteiger partial charge in [0.1, 0.15) is 11.8 Å². The van der Waals surface area contributed by atoms with Crippen molar-refractivity contribution in [3.05, 3.63) is 24.2 Å². The van der Waals surface area contributed by atoms with E-state index in [2.05, 4.69) is 10.1 Å². The summed E-state index contributed by atoms with van der Waals surface area (Å²) in [5, 5.41) is 3.98. The minimum Gasteiger partial charge on any atom is -0.382 e. The van der Waals surface area contributed by atoms with E-state index < -0.39 is 0 Å². The summed E-state index contributed by atoms with van der Waals surface area (Å²) in [4.78, 5) is 3.86. The lowest BCUT2D eigenvalue weighted by molar-refractivity contribution is 0.904. The molecule has 2 aromatic rings. The van der Waals surface area contributed by atoms with Gasteiger partial charge in [-0.25, -0.2) is 9.50 Å². The molecule has 2 heterocycles. The second-order valence-corrected chi connectivity index (χ2v) is 2.72. The number of nitrogens with two attached hydrogens (primary N) is 1. The topological polar surface area (TPSA) is 56.2 Å². The van der Waals surface area contributed by atoms with Gasteiger partial charge in [0.15, 0.2) is 5.82 Å². The van der Waals surface area contributed by atoms with Crippen molar-refractivity contribution in [2.75, 3.05) is 5.73 Å². The molecule has 0 atom stereocenters. The number of hydrogen-bond donors (Lipinski definition) is 1. The quantitative estimate of drug-likeness (QED) is 0.671. The molecule has 2 rings (SSSR count). The van der Waals surface area contributed by atoms with Crippen LogP contribution >= 0.6 is 11.6 Å². The van der Waals surface area contributed by atoms with E-state index in [1.807, 2.05) is 12.3 Å². The van der Waals surface area contributed by atoms with E-state index in [1.54, 1.807) is 4.52 Å². The smallest absolute Gasteiger partial charge is 0.151 e. The fourth-order valence-electron chi connectivity index (χ4n) is 1.08. The Kier molecular flexibility index (Phi) is 1.62. The summed E-state index contributed by atoms with van der Waals surface area (Å²) in [6.07, 6.45) is 3.25. The van der Waals surface area contributed by atoms with Gasteiger partial charge in [0.25, 0.3) is 0 Å². The molecule has 0 aliphatic rings. The minimum atomic E-state index is 0.461. The van der Waals surface area contributed by atoms with Crippen molar-refractivity contribution >= 4 is 22.9 Å². The maximum absolute atomic E-state index is 5.65. The Labute approximate surface area is 74.0 Å². The van der Waals surface area contributed by atoms with Crippen LogP contribution in [0.1, 0.15) is 5.56 Å². The molecule has 0 aliphatic heterocycles. The third-order valence-electron chi connectivity index (χ3n) is 1.65. The van der Waals surface area contributed by atoms with E-state index in [0.29, 0.717) is 11.7 Å². The zero-order valence-electron chi connectivity index (χ0n) is 6.24. The molecule has 12 heavy (non-hydrogen) atoms. The second kappa shape index (κ2) is 2.64. The van der Waals surface area contributed by atoms with E-state index in [-0.39, 0.29) is 0 Å². The molecule has 0 amide bonds. The van der Waals surface area contributed by atoms with Crippen LogP contribution in [-0.2, 0) is 5.88 Å². The van der Waals surface area contributed by atoms with Gasteiger partial charge < -0.3 is 5.73 Å². The number of alkyl halides is 1. The van der Waals surface area contributed by atoms with Gasteiger partial charge in [-0.1, -0.05) is 0 Å². The van der Waals surface area contributed by atoms with Crippen molar-refractivity contribution in [2.24, 2.45) is 0 Å². The molecule has 0 spiro atoms. The van der Waals surface area contributed by atoms with Gasteiger partial charge in [-0.3, -0.25) is 0 Å². The number of nitrogens with zero attached hydrogens (tertiary/aromatic N) is 3. The molecule has 0 unspecified atom stereocenters. The van der Waals surface area contributed by atoms with Gasteiger partial charge in [0.2, 0.25) is 0 Å². The first-order valence-corrected chi connectivity index (χ1v) is 3.98. The lowest BCUT2D eigenvalue weighted by Gasteiger charge is -1.93. The third-order valence-corrected chi connectivity index (χ3v) is 1.96. The molecule has 0 fully saturated rings. The molecule has 0 saturated carbocycles. The number of halogens is 1. The van der Waals surface area contributed by atoms with E-state index >= 15 is 0 Å². The van der Waals surface area contributed by atoms with Crippen LogP contribution in [0.2, 0.25) is 0 Å². The molecule has 0 saturated heterocycles. The van der Waals surface area contributed by atoms with Crippen molar-refractivity contribution in [1.82, 2.24) is 14.6 Å². The van der Waals surface area contributed by atoms with Crippen LogP contribution in [0.15, 0.2) is 18.6 Å². The van der Waals surface area contributed by atoms with E-state index in [1.165, 1.54) is 6.33 Å². The van der Waals surface area contributed by atoms with E-state index in [0.717, 1.165) is 11.1 Å². The number of hydrogen-bond acceptors (Lipinski definition) is 3. The van der Waals surface area contributed by atoms with Crippen molar-refractivity contribution in [1.29, 1.82) is 0 Å². The Balaban J connectivity index is 2.74. The first kappa shape index (κ1) is 7.36. The average Bonchev–Trinajstić information content (AvgIpc) is 2.49. The Bertz CT molecular complexity index is 409.